The number of nitrogens with zero attached hydrogens (tertiary/aromatic N) is 2. The van der Waals surface area contributed by atoms with Gasteiger partial charge in [-0.05, 0) is 56.3 Å². The molecule has 0 aliphatic carbocycles. The summed E-state index contributed by atoms with van der Waals surface area (Å²) in [6.45, 7) is 11.0. The summed E-state index contributed by atoms with van der Waals surface area (Å²) in [4.78, 5) is 18.7. The third-order valence-electron chi connectivity index (χ3n) is 6.15. The number of ether oxygens (including phenoxy) is 2. The predicted molar refractivity (Wildman–Crippen MR) is 128 cm³/mol. The van der Waals surface area contributed by atoms with Crippen LogP contribution in [0.5, 0.6) is 11.5 Å². The molecule has 1 N–H and O–H groups in total. The van der Waals surface area contributed by atoms with E-state index in [0.29, 0.717) is 31.2 Å². The molecule has 3 rings (SSSR count). The summed E-state index contributed by atoms with van der Waals surface area (Å²) < 4.78 is 11.6. The molecule has 1 aromatic carbocycles. The Kier molecular flexibility index (Phi) is 7.98. The van der Waals surface area contributed by atoms with Crippen molar-refractivity contribution in [3.8, 4) is 11.5 Å². The van der Waals surface area contributed by atoms with Crippen LogP contribution in [0.15, 0.2) is 48.4 Å². The molecule has 2 aromatic rings. The number of aliphatic hydroxyl groups is 1. The molecule has 0 saturated heterocycles. The number of para-hydroxylation sites is 2. The highest BCUT2D eigenvalue weighted by atomic mass is 32.1. The Hall–Kier alpha value is -2.35. The van der Waals surface area contributed by atoms with Gasteiger partial charge in [-0.3, -0.25) is 9.69 Å². The molecule has 0 unspecified atom stereocenters. The first-order valence-corrected chi connectivity index (χ1v) is 11.8. The fourth-order valence-electron chi connectivity index (χ4n) is 4.02. The van der Waals surface area contributed by atoms with Crippen molar-refractivity contribution in [1.82, 2.24) is 9.80 Å². The van der Waals surface area contributed by atoms with E-state index < -0.39 is 5.60 Å². The zero-order valence-electron chi connectivity index (χ0n) is 19.4. The molecule has 0 bridgehead atoms. The van der Waals surface area contributed by atoms with E-state index in [1.807, 2.05) is 41.0 Å². The van der Waals surface area contributed by atoms with Crippen LogP contribution in [-0.4, -0.2) is 65.8 Å². The molecule has 6 nitrogen and oxygen atoms in total. The number of carbonyl (C=O) groups is 1. The molecule has 32 heavy (non-hydrogen) atoms. The Morgan fingerprint density at radius 3 is 2.75 bits per heavy atom. The largest absolute Gasteiger partial charge is 0.493 e. The van der Waals surface area contributed by atoms with E-state index in [1.165, 1.54) is 4.88 Å². The lowest BCUT2D eigenvalue weighted by molar-refractivity contribution is -0.137. The molecule has 174 valence electrons. The molecular formula is C25H34N2O4S. The smallest absolute Gasteiger partial charge is 0.237 e. The Bertz CT molecular complexity index is 921. The minimum atomic E-state index is -0.932. The second-order valence-corrected chi connectivity index (χ2v) is 9.66. The number of methoxy groups -OCH3 is 1. The monoisotopic (exact) mass is 458 g/mol. The molecule has 0 saturated carbocycles. The second kappa shape index (κ2) is 10.5. The van der Waals surface area contributed by atoms with Crippen LogP contribution in [0.1, 0.15) is 37.3 Å². The first-order valence-electron chi connectivity index (χ1n) is 10.9. The molecule has 1 amide bonds. The van der Waals surface area contributed by atoms with Crippen LogP contribution in [0.3, 0.4) is 0 Å². The van der Waals surface area contributed by atoms with Crippen molar-refractivity contribution in [3.63, 3.8) is 0 Å². The molecule has 1 aromatic heterocycles. The Balaban J connectivity index is 1.80. The average molecular weight is 459 g/mol. The quantitative estimate of drug-likeness (QED) is 0.547. The molecular weight excluding hydrogens is 424 g/mol. The number of amides is 1. The van der Waals surface area contributed by atoms with Crippen LogP contribution < -0.4 is 9.47 Å². The summed E-state index contributed by atoms with van der Waals surface area (Å²) >= 11 is 1.73. The maximum absolute atomic E-state index is 13.5. The van der Waals surface area contributed by atoms with Gasteiger partial charge in [0.1, 0.15) is 6.61 Å². The van der Waals surface area contributed by atoms with Crippen molar-refractivity contribution in [1.29, 1.82) is 0 Å². The Morgan fingerprint density at radius 1 is 1.38 bits per heavy atom. The fraction of sp³-hybridized carbons (Fsp3) is 0.480. The van der Waals surface area contributed by atoms with E-state index in [0.717, 1.165) is 12.0 Å². The van der Waals surface area contributed by atoms with Gasteiger partial charge < -0.3 is 19.5 Å². The number of carbonyl (C=O) groups excluding carboxylic acids is 1. The fourth-order valence-corrected chi connectivity index (χ4v) is 4.95. The molecule has 0 radical (unpaired) electrons. The maximum atomic E-state index is 13.5. The van der Waals surface area contributed by atoms with Gasteiger partial charge in [0.05, 0.1) is 25.3 Å². The molecule has 7 heteroatoms. The topological polar surface area (TPSA) is 62.2 Å². The van der Waals surface area contributed by atoms with Gasteiger partial charge in [-0.15, -0.1) is 17.9 Å². The molecule has 1 aliphatic heterocycles. The van der Waals surface area contributed by atoms with Crippen molar-refractivity contribution in [2.24, 2.45) is 0 Å². The van der Waals surface area contributed by atoms with Crippen LogP contribution in [0.2, 0.25) is 0 Å². The van der Waals surface area contributed by atoms with Gasteiger partial charge in [-0.25, -0.2) is 0 Å². The third-order valence-corrected chi connectivity index (χ3v) is 7.15. The van der Waals surface area contributed by atoms with Gasteiger partial charge >= 0.3 is 0 Å². The minimum absolute atomic E-state index is 0.0217. The van der Waals surface area contributed by atoms with Crippen molar-refractivity contribution >= 4 is 17.2 Å². The van der Waals surface area contributed by atoms with Gasteiger partial charge in [0.25, 0.3) is 0 Å². The molecule has 2 atom stereocenters. The number of hydrogen-bond donors (Lipinski definition) is 1. The predicted octanol–water partition coefficient (Wildman–Crippen LogP) is 3.91. The first-order chi connectivity index (χ1) is 15.3. The number of rotatable bonds is 10. The van der Waals surface area contributed by atoms with Crippen LogP contribution in [-0.2, 0) is 11.2 Å². The first kappa shape index (κ1) is 24.3. The Labute approximate surface area is 195 Å². The standard InChI is InChI=1S/C25H34N2O4S/c1-6-13-26(18(2)25(3,4)29)16-24(28)27-14-11-23-19(12-15-32-23)20(27)17-31-22-10-8-7-9-21(22)30-5/h6-10,12,15,18,20,29H,1,11,13-14,16-17H2,2-5H3/t18-,20-/m0/s1. The van der Waals surface area contributed by atoms with Crippen LogP contribution in [0.4, 0.5) is 0 Å². The van der Waals surface area contributed by atoms with Gasteiger partial charge in [0.15, 0.2) is 11.5 Å². The van der Waals surface area contributed by atoms with E-state index in [1.54, 1.807) is 38.4 Å². The number of fused-ring (bicyclic) bond motifs is 1. The van der Waals surface area contributed by atoms with Gasteiger partial charge in [0.2, 0.25) is 5.91 Å². The third kappa shape index (κ3) is 5.52. The van der Waals surface area contributed by atoms with Crippen LogP contribution in [0.25, 0.3) is 0 Å². The summed E-state index contributed by atoms with van der Waals surface area (Å²) in [5.74, 6) is 1.35. The van der Waals surface area contributed by atoms with E-state index in [2.05, 4.69) is 18.0 Å². The van der Waals surface area contributed by atoms with E-state index >= 15 is 0 Å². The normalized spacial score (nSPS) is 17.1. The van der Waals surface area contributed by atoms with Crippen molar-refractivity contribution in [3.05, 3.63) is 58.8 Å². The molecule has 1 aliphatic rings. The van der Waals surface area contributed by atoms with E-state index in [4.69, 9.17) is 9.47 Å². The van der Waals surface area contributed by atoms with Crippen LogP contribution >= 0.6 is 11.3 Å². The van der Waals surface area contributed by atoms with E-state index in [-0.39, 0.29) is 24.5 Å². The minimum Gasteiger partial charge on any atom is -0.493 e. The zero-order chi connectivity index (χ0) is 23.3. The SMILES string of the molecule is C=CCN(CC(=O)N1CCc2sccc2[C@@H]1COc1ccccc1OC)[C@@H](C)C(C)(C)O. The zero-order valence-corrected chi connectivity index (χ0v) is 20.2. The summed E-state index contributed by atoms with van der Waals surface area (Å²) in [5, 5.41) is 12.6. The van der Waals surface area contributed by atoms with Gasteiger partial charge in [-0.2, -0.15) is 0 Å². The maximum Gasteiger partial charge on any atom is 0.237 e. The van der Waals surface area contributed by atoms with Crippen molar-refractivity contribution in [2.75, 3.05) is 33.4 Å². The summed E-state index contributed by atoms with van der Waals surface area (Å²) in [6, 6.07) is 9.26. The Morgan fingerprint density at radius 2 is 2.09 bits per heavy atom. The number of thiophene rings is 1. The highest BCUT2D eigenvalue weighted by molar-refractivity contribution is 7.10. The number of benzene rings is 1. The van der Waals surface area contributed by atoms with Gasteiger partial charge in [-0.1, -0.05) is 18.2 Å². The second-order valence-electron chi connectivity index (χ2n) is 8.66. The molecule has 2 heterocycles. The summed E-state index contributed by atoms with van der Waals surface area (Å²) in [6.07, 6.45) is 2.61. The lowest BCUT2D eigenvalue weighted by Gasteiger charge is -2.40. The summed E-state index contributed by atoms with van der Waals surface area (Å²) in [5.41, 5.74) is 0.216. The van der Waals surface area contributed by atoms with Crippen molar-refractivity contribution in [2.45, 2.75) is 44.9 Å². The highest BCUT2D eigenvalue weighted by Gasteiger charge is 2.35. The average Bonchev–Trinajstić information content (AvgIpc) is 3.25. The van der Waals surface area contributed by atoms with E-state index in [9.17, 15) is 9.90 Å². The lowest BCUT2D eigenvalue weighted by Crippen LogP contribution is -2.53. The van der Waals surface area contributed by atoms with Crippen molar-refractivity contribution < 1.29 is 19.4 Å². The lowest BCUT2D eigenvalue weighted by atomic mass is 9.98. The molecule has 0 fully saturated rings. The number of hydrogen-bond acceptors (Lipinski definition) is 6. The molecule has 0 spiro atoms. The summed E-state index contributed by atoms with van der Waals surface area (Å²) in [7, 11) is 1.62. The van der Waals surface area contributed by atoms with Crippen LogP contribution in [0, 0.1) is 0 Å². The van der Waals surface area contributed by atoms with Gasteiger partial charge in [0, 0.05) is 24.0 Å². The highest BCUT2D eigenvalue weighted by Crippen LogP contribution is 2.35.